The SMILES string of the molecule is COc1ccc(CN(C)C(=O)COc2ccc([N+](=O)[O-])cc2)c(OC)c1. The number of benzene rings is 2. The molecule has 138 valence electrons. The molecule has 0 aromatic heterocycles. The number of likely N-dealkylation sites (N-methyl/N-ethyl adjacent to an activating group) is 1. The summed E-state index contributed by atoms with van der Waals surface area (Å²) >= 11 is 0. The van der Waals surface area contributed by atoms with Gasteiger partial charge in [0.25, 0.3) is 11.6 Å². The summed E-state index contributed by atoms with van der Waals surface area (Å²) in [6.45, 7) is 0.169. The first-order valence-corrected chi connectivity index (χ1v) is 7.76. The lowest BCUT2D eigenvalue weighted by Crippen LogP contribution is -2.31. The molecule has 0 aliphatic heterocycles. The third-order valence-electron chi connectivity index (χ3n) is 3.74. The average Bonchev–Trinajstić information content (AvgIpc) is 2.66. The predicted molar refractivity (Wildman–Crippen MR) is 94.6 cm³/mol. The van der Waals surface area contributed by atoms with Crippen LogP contribution in [-0.4, -0.2) is 43.6 Å². The molecular weight excluding hydrogens is 340 g/mol. The van der Waals surface area contributed by atoms with E-state index < -0.39 is 4.92 Å². The highest BCUT2D eigenvalue weighted by Gasteiger charge is 2.14. The monoisotopic (exact) mass is 360 g/mol. The fourth-order valence-electron chi connectivity index (χ4n) is 2.25. The molecule has 0 radical (unpaired) electrons. The van der Waals surface area contributed by atoms with Gasteiger partial charge in [-0.2, -0.15) is 0 Å². The van der Waals surface area contributed by atoms with Crippen molar-refractivity contribution >= 4 is 11.6 Å². The molecular formula is C18H20N2O6. The molecule has 0 fully saturated rings. The largest absolute Gasteiger partial charge is 0.497 e. The van der Waals surface area contributed by atoms with E-state index in [9.17, 15) is 14.9 Å². The highest BCUT2D eigenvalue weighted by atomic mass is 16.6. The molecule has 0 heterocycles. The van der Waals surface area contributed by atoms with E-state index in [2.05, 4.69) is 0 Å². The van der Waals surface area contributed by atoms with Gasteiger partial charge in [0, 0.05) is 37.4 Å². The third kappa shape index (κ3) is 4.85. The Morgan fingerprint density at radius 2 is 1.73 bits per heavy atom. The Bertz CT molecular complexity index is 776. The van der Waals surface area contributed by atoms with Crippen LogP contribution in [0, 0.1) is 10.1 Å². The molecule has 0 spiro atoms. The minimum absolute atomic E-state index is 0.0348. The van der Waals surface area contributed by atoms with Crippen molar-refractivity contribution in [3.63, 3.8) is 0 Å². The van der Waals surface area contributed by atoms with Crippen LogP contribution in [0.15, 0.2) is 42.5 Å². The molecule has 0 aliphatic rings. The van der Waals surface area contributed by atoms with Gasteiger partial charge in [-0.15, -0.1) is 0 Å². The average molecular weight is 360 g/mol. The first kappa shape index (κ1) is 19.0. The van der Waals surface area contributed by atoms with Gasteiger partial charge in [-0.05, 0) is 24.3 Å². The molecule has 0 aliphatic carbocycles. The number of rotatable bonds is 8. The molecule has 0 N–H and O–H groups in total. The zero-order chi connectivity index (χ0) is 19.1. The molecule has 0 saturated carbocycles. The Morgan fingerprint density at radius 3 is 2.31 bits per heavy atom. The van der Waals surface area contributed by atoms with Crippen molar-refractivity contribution in [2.75, 3.05) is 27.9 Å². The van der Waals surface area contributed by atoms with Crippen molar-refractivity contribution in [3.05, 3.63) is 58.1 Å². The van der Waals surface area contributed by atoms with Gasteiger partial charge in [-0.3, -0.25) is 14.9 Å². The standard InChI is InChI=1S/C18H20N2O6/c1-19(11-13-4-7-16(24-2)10-17(13)25-3)18(21)12-26-15-8-5-14(6-9-15)20(22)23/h4-10H,11-12H2,1-3H3. The van der Waals surface area contributed by atoms with Crippen molar-refractivity contribution in [1.82, 2.24) is 4.90 Å². The van der Waals surface area contributed by atoms with Crippen molar-refractivity contribution < 1.29 is 23.9 Å². The molecule has 0 bridgehead atoms. The minimum atomic E-state index is -0.495. The summed E-state index contributed by atoms with van der Waals surface area (Å²) in [5.41, 5.74) is 0.798. The first-order chi connectivity index (χ1) is 12.4. The number of carbonyl (C=O) groups excluding carboxylic acids is 1. The molecule has 0 atom stereocenters. The van der Waals surface area contributed by atoms with Crippen LogP contribution in [0.3, 0.4) is 0 Å². The fourth-order valence-corrected chi connectivity index (χ4v) is 2.25. The number of non-ortho nitro benzene ring substituents is 1. The topological polar surface area (TPSA) is 91.1 Å². The van der Waals surface area contributed by atoms with E-state index in [4.69, 9.17) is 14.2 Å². The van der Waals surface area contributed by atoms with Crippen molar-refractivity contribution in [3.8, 4) is 17.2 Å². The maximum absolute atomic E-state index is 12.2. The molecule has 2 rings (SSSR count). The summed E-state index contributed by atoms with van der Waals surface area (Å²) in [4.78, 5) is 23.9. The van der Waals surface area contributed by atoms with Gasteiger partial charge in [-0.25, -0.2) is 0 Å². The van der Waals surface area contributed by atoms with Crippen molar-refractivity contribution in [2.24, 2.45) is 0 Å². The molecule has 2 aromatic rings. The van der Waals surface area contributed by atoms with Crippen LogP contribution in [0.5, 0.6) is 17.2 Å². The molecule has 0 unspecified atom stereocenters. The summed E-state index contributed by atoms with van der Waals surface area (Å²) in [6.07, 6.45) is 0. The number of hydrogen-bond donors (Lipinski definition) is 0. The number of carbonyl (C=O) groups is 1. The molecule has 2 aromatic carbocycles. The van der Waals surface area contributed by atoms with Crippen molar-refractivity contribution in [1.29, 1.82) is 0 Å². The number of methoxy groups -OCH3 is 2. The van der Waals surface area contributed by atoms with Crippen LogP contribution in [0.2, 0.25) is 0 Å². The molecule has 1 amide bonds. The highest BCUT2D eigenvalue weighted by Crippen LogP contribution is 2.25. The maximum Gasteiger partial charge on any atom is 0.269 e. The second-order valence-electron chi connectivity index (χ2n) is 5.47. The summed E-state index contributed by atoms with van der Waals surface area (Å²) in [6, 6.07) is 10.9. The normalized spacial score (nSPS) is 10.1. The second-order valence-corrected chi connectivity index (χ2v) is 5.47. The van der Waals surface area contributed by atoms with E-state index in [0.29, 0.717) is 23.8 Å². The van der Waals surface area contributed by atoms with Gasteiger partial charge in [0.05, 0.1) is 19.1 Å². The second kappa shape index (κ2) is 8.70. The maximum atomic E-state index is 12.2. The number of nitro benzene ring substituents is 1. The summed E-state index contributed by atoms with van der Waals surface area (Å²) in [5.74, 6) is 1.45. The van der Waals surface area contributed by atoms with Gasteiger partial charge in [0.2, 0.25) is 0 Å². The lowest BCUT2D eigenvalue weighted by Gasteiger charge is -2.19. The van der Waals surface area contributed by atoms with E-state index in [1.165, 1.54) is 29.2 Å². The predicted octanol–water partition coefficient (Wildman–Crippen LogP) is 2.65. The van der Waals surface area contributed by atoms with Crippen LogP contribution < -0.4 is 14.2 Å². The number of ether oxygens (including phenoxy) is 3. The third-order valence-corrected chi connectivity index (χ3v) is 3.74. The summed E-state index contributed by atoms with van der Waals surface area (Å²) < 4.78 is 15.9. The van der Waals surface area contributed by atoms with E-state index >= 15 is 0 Å². The van der Waals surface area contributed by atoms with E-state index in [-0.39, 0.29) is 18.2 Å². The van der Waals surface area contributed by atoms with Gasteiger partial charge in [0.15, 0.2) is 6.61 Å². The van der Waals surface area contributed by atoms with Crippen LogP contribution in [0.4, 0.5) is 5.69 Å². The number of amides is 1. The quantitative estimate of drug-likeness (QED) is 0.531. The Hall–Kier alpha value is -3.29. The molecule has 0 saturated heterocycles. The van der Waals surface area contributed by atoms with Crippen LogP contribution >= 0.6 is 0 Å². The number of hydrogen-bond acceptors (Lipinski definition) is 6. The minimum Gasteiger partial charge on any atom is -0.497 e. The number of nitrogens with zero attached hydrogens (tertiary/aromatic N) is 2. The van der Waals surface area contributed by atoms with Gasteiger partial charge in [-0.1, -0.05) is 0 Å². The summed E-state index contributed by atoms with van der Waals surface area (Å²) in [5, 5.41) is 10.6. The summed E-state index contributed by atoms with van der Waals surface area (Å²) in [7, 11) is 4.78. The highest BCUT2D eigenvalue weighted by molar-refractivity contribution is 5.77. The Kier molecular flexibility index (Phi) is 6.37. The van der Waals surface area contributed by atoms with E-state index in [1.807, 2.05) is 6.07 Å². The molecule has 8 nitrogen and oxygen atoms in total. The van der Waals surface area contributed by atoms with Gasteiger partial charge >= 0.3 is 0 Å². The zero-order valence-electron chi connectivity index (χ0n) is 14.8. The van der Waals surface area contributed by atoms with Crippen LogP contribution in [0.1, 0.15) is 5.56 Å². The lowest BCUT2D eigenvalue weighted by molar-refractivity contribution is -0.384. The van der Waals surface area contributed by atoms with Gasteiger partial charge < -0.3 is 19.1 Å². The number of nitro groups is 1. The Morgan fingerprint density at radius 1 is 1.08 bits per heavy atom. The van der Waals surface area contributed by atoms with Crippen molar-refractivity contribution in [2.45, 2.75) is 6.54 Å². The lowest BCUT2D eigenvalue weighted by atomic mass is 10.2. The smallest absolute Gasteiger partial charge is 0.269 e. The van der Waals surface area contributed by atoms with Gasteiger partial charge in [0.1, 0.15) is 17.2 Å². The molecule has 26 heavy (non-hydrogen) atoms. The van der Waals surface area contributed by atoms with E-state index in [0.717, 1.165) is 5.56 Å². The van der Waals surface area contributed by atoms with E-state index in [1.54, 1.807) is 33.4 Å². The molecule has 8 heteroatoms. The zero-order valence-corrected chi connectivity index (χ0v) is 14.8. The van der Waals surface area contributed by atoms with Crippen LogP contribution in [-0.2, 0) is 11.3 Å². The Balaban J connectivity index is 1.94. The fraction of sp³-hybridized carbons (Fsp3) is 0.278. The van der Waals surface area contributed by atoms with Crippen LogP contribution in [0.25, 0.3) is 0 Å². The first-order valence-electron chi connectivity index (χ1n) is 7.76. The Labute approximate surface area is 151 Å².